The molecular weight excluding hydrogens is 132 g/mol. The highest BCUT2D eigenvalue weighted by Crippen LogP contribution is 2.09. The number of rotatable bonds is 1. The van der Waals surface area contributed by atoms with Crippen LogP contribution in [-0.2, 0) is 9.22 Å². The van der Waals surface area contributed by atoms with Crippen molar-refractivity contribution in [2.24, 2.45) is 0 Å². The van der Waals surface area contributed by atoms with Crippen molar-refractivity contribution >= 4 is 16.3 Å². The van der Waals surface area contributed by atoms with Gasteiger partial charge in [-0.05, 0) is 12.5 Å². The average Bonchev–Trinajstić information content (AvgIpc) is 1.88. The van der Waals surface area contributed by atoms with Crippen molar-refractivity contribution in [2.45, 2.75) is 18.9 Å². The van der Waals surface area contributed by atoms with Crippen molar-refractivity contribution in [1.82, 2.24) is 0 Å². The van der Waals surface area contributed by atoms with Crippen molar-refractivity contribution in [3.05, 3.63) is 12.2 Å². The van der Waals surface area contributed by atoms with E-state index in [9.17, 15) is 4.79 Å². The van der Waals surface area contributed by atoms with Gasteiger partial charge >= 0.3 is 0 Å². The largest absolute Gasteiger partial charge is 0.424 e. The van der Waals surface area contributed by atoms with Crippen LogP contribution in [0.1, 0.15) is 12.8 Å². The quantitative estimate of drug-likeness (QED) is 0.464. The van der Waals surface area contributed by atoms with Crippen molar-refractivity contribution in [3.8, 4) is 0 Å². The number of ketones is 1. The first-order valence-corrected chi connectivity index (χ1v) is 3.86. The number of carbonyl (C=O) groups excluding carboxylic acids is 1. The van der Waals surface area contributed by atoms with Gasteiger partial charge < -0.3 is 4.43 Å². The van der Waals surface area contributed by atoms with E-state index in [-0.39, 0.29) is 11.9 Å². The maximum atomic E-state index is 10.7. The van der Waals surface area contributed by atoms with Crippen LogP contribution < -0.4 is 0 Å². The Morgan fingerprint density at radius 1 is 1.78 bits per heavy atom. The molecule has 1 aliphatic carbocycles. The number of hydrogen-bond donors (Lipinski definition) is 0. The molecule has 0 N–H and O–H groups in total. The van der Waals surface area contributed by atoms with Gasteiger partial charge in [0, 0.05) is 6.42 Å². The summed E-state index contributed by atoms with van der Waals surface area (Å²) in [6.45, 7) is 0. The lowest BCUT2D eigenvalue weighted by Crippen LogP contribution is -2.17. The molecule has 0 saturated carbocycles. The third kappa shape index (κ3) is 1.76. The minimum atomic E-state index is 0.189. The molecule has 0 bridgehead atoms. The number of allylic oxidation sites excluding steroid dienone is 1. The van der Waals surface area contributed by atoms with E-state index >= 15 is 0 Å². The summed E-state index contributed by atoms with van der Waals surface area (Å²) in [6, 6.07) is 0. The normalized spacial score (nSPS) is 27.1. The molecule has 0 aliphatic heterocycles. The monoisotopic (exact) mass is 142 g/mol. The van der Waals surface area contributed by atoms with Gasteiger partial charge in [-0.3, -0.25) is 4.79 Å². The SMILES string of the molecule is O=C1C=CCC(O[SiH3])C1. The Labute approximate surface area is 57.4 Å². The molecular formula is C6H10O2Si. The van der Waals surface area contributed by atoms with Crippen molar-refractivity contribution in [3.63, 3.8) is 0 Å². The van der Waals surface area contributed by atoms with Crippen molar-refractivity contribution in [1.29, 1.82) is 0 Å². The average molecular weight is 142 g/mol. The smallest absolute Gasteiger partial charge is 0.157 e. The molecule has 0 aromatic rings. The van der Waals surface area contributed by atoms with Gasteiger partial charge in [0.25, 0.3) is 0 Å². The van der Waals surface area contributed by atoms with E-state index in [2.05, 4.69) is 0 Å². The molecule has 1 unspecified atom stereocenters. The van der Waals surface area contributed by atoms with Crippen LogP contribution in [0.4, 0.5) is 0 Å². The zero-order valence-electron chi connectivity index (χ0n) is 5.46. The lowest BCUT2D eigenvalue weighted by Gasteiger charge is -2.14. The van der Waals surface area contributed by atoms with E-state index in [4.69, 9.17) is 4.43 Å². The van der Waals surface area contributed by atoms with Crippen molar-refractivity contribution in [2.75, 3.05) is 0 Å². The zero-order chi connectivity index (χ0) is 6.69. The molecule has 0 saturated heterocycles. The molecule has 2 nitrogen and oxygen atoms in total. The highest BCUT2D eigenvalue weighted by Gasteiger charge is 2.12. The van der Waals surface area contributed by atoms with Crippen LogP contribution >= 0.6 is 0 Å². The van der Waals surface area contributed by atoms with E-state index in [0.717, 1.165) is 16.9 Å². The summed E-state index contributed by atoms with van der Waals surface area (Å²) in [7, 11) is 0.735. The minimum Gasteiger partial charge on any atom is -0.424 e. The van der Waals surface area contributed by atoms with E-state index in [1.165, 1.54) is 0 Å². The van der Waals surface area contributed by atoms with Gasteiger partial charge in [-0.2, -0.15) is 0 Å². The minimum absolute atomic E-state index is 0.189. The summed E-state index contributed by atoms with van der Waals surface area (Å²) >= 11 is 0. The Morgan fingerprint density at radius 2 is 2.56 bits per heavy atom. The fourth-order valence-electron chi connectivity index (χ4n) is 0.907. The van der Waals surface area contributed by atoms with Crippen LogP contribution in [0.25, 0.3) is 0 Å². The molecule has 0 aromatic heterocycles. The van der Waals surface area contributed by atoms with Crippen LogP contribution in [0.3, 0.4) is 0 Å². The van der Waals surface area contributed by atoms with E-state index < -0.39 is 0 Å². The summed E-state index contributed by atoms with van der Waals surface area (Å²) in [6.07, 6.45) is 5.20. The molecule has 0 heterocycles. The molecule has 1 aliphatic rings. The van der Waals surface area contributed by atoms with Gasteiger partial charge in [0.15, 0.2) is 5.78 Å². The first-order chi connectivity index (χ1) is 4.33. The Hall–Kier alpha value is -0.413. The van der Waals surface area contributed by atoms with Crippen molar-refractivity contribution < 1.29 is 9.22 Å². The van der Waals surface area contributed by atoms with E-state index in [0.29, 0.717) is 6.42 Å². The lowest BCUT2D eigenvalue weighted by molar-refractivity contribution is -0.116. The Morgan fingerprint density at radius 3 is 3.00 bits per heavy atom. The molecule has 0 spiro atoms. The van der Waals surface area contributed by atoms with Crippen LogP contribution in [0, 0.1) is 0 Å². The summed E-state index contributed by atoms with van der Waals surface area (Å²) < 4.78 is 5.13. The van der Waals surface area contributed by atoms with Gasteiger partial charge in [-0.1, -0.05) is 6.08 Å². The number of carbonyl (C=O) groups is 1. The molecule has 0 amide bonds. The van der Waals surface area contributed by atoms with Gasteiger partial charge in [0.2, 0.25) is 0 Å². The van der Waals surface area contributed by atoms with Gasteiger partial charge in [-0.15, -0.1) is 0 Å². The van der Waals surface area contributed by atoms with Crippen LogP contribution in [0.2, 0.25) is 0 Å². The second kappa shape index (κ2) is 2.94. The molecule has 0 radical (unpaired) electrons. The molecule has 1 atom stereocenters. The molecule has 9 heavy (non-hydrogen) atoms. The maximum Gasteiger partial charge on any atom is 0.157 e. The maximum absolute atomic E-state index is 10.7. The highest BCUT2D eigenvalue weighted by molar-refractivity contribution is 5.98. The molecule has 0 fully saturated rings. The third-order valence-electron chi connectivity index (χ3n) is 1.46. The predicted octanol–water partition coefficient (Wildman–Crippen LogP) is -0.429. The molecule has 0 aromatic carbocycles. The molecule has 1 rings (SSSR count). The van der Waals surface area contributed by atoms with E-state index in [1.807, 2.05) is 6.08 Å². The second-order valence-electron chi connectivity index (χ2n) is 2.17. The standard InChI is InChI=1S/C6H10O2Si/c7-5-2-1-3-6(4-5)8-9/h1-2,6H,3-4H2,9H3. The topological polar surface area (TPSA) is 26.3 Å². The Kier molecular flexibility index (Phi) is 2.19. The predicted molar refractivity (Wildman–Crippen MR) is 38.2 cm³/mol. The highest BCUT2D eigenvalue weighted by atomic mass is 28.2. The Balaban J connectivity index is 2.47. The fourth-order valence-corrected chi connectivity index (χ4v) is 1.27. The summed E-state index contributed by atoms with van der Waals surface area (Å²) in [5, 5.41) is 0. The number of hydrogen-bond acceptors (Lipinski definition) is 2. The first kappa shape index (κ1) is 6.70. The first-order valence-electron chi connectivity index (χ1n) is 3.05. The summed E-state index contributed by atoms with van der Waals surface area (Å²) in [4.78, 5) is 10.7. The van der Waals surface area contributed by atoms with E-state index in [1.54, 1.807) is 6.08 Å². The Bertz CT molecular complexity index is 142. The summed E-state index contributed by atoms with van der Waals surface area (Å²) in [5.41, 5.74) is 0. The van der Waals surface area contributed by atoms with Gasteiger partial charge in [0.05, 0.1) is 6.10 Å². The lowest BCUT2D eigenvalue weighted by atomic mass is 10.0. The van der Waals surface area contributed by atoms with Crippen LogP contribution in [0.5, 0.6) is 0 Å². The molecule has 3 heteroatoms. The molecule has 50 valence electrons. The third-order valence-corrected chi connectivity index (χ3v) is 2.13. The fraction of sp³-hybridized carbons (Fsp3) is 0.500. The summed E-state index contributed by atoms with van der Waals surface area (Å²) in [5.74, 6) is 0.196. The van der Waals surface area contributed by atoms with Crippen LogP contribution in [-0.4, -0.2) is 22.4 Å². The van der Waals surface area contributed by atoms with Gasteiger partial charge in [0.1, 0.15) is 10.5 Å². The van der Waals surface area contributed by atoms with Crippen LogP contribution in [0.15, 0.2) is 12.2 Å². The van der Waals surface area contributed by atoms with Gasteiger partial charge in [-0.25, -0.2) is 0 Å². The zero-order valence-corrected chi connectivity index (χ0v) is 7.46. The second-order valence-corrected chi connectivity index (χ2v) is 2.64.